The van der Waals surface area contributed by atoms with Gasteiger partial charge >= 0.3 is 0 Å². The van der Waals surface area contributed by atoms with Crippen LogP contribution in [0.1, 0.15) is 5.56 Å². The van der Waals surface area contributed by atoms with Crippen molar-refractivity contribution in [2.45, 2.75) is 10.9 Å². The monoisotopic (exact) mass is 421 g/mol. The number of nitrogens with one attached hydrogen (secondary N) is 1. The second-order valence-corrected chi connectivity index (χ2v) is 7.04. The Balaban J connectivity index is 1.83. The van der Waals surface area contributed by atoms with Crippen LogP contribution in [0.25, 0.3) is 11.2 Å². The maximum absolute atomic E-state index is 13.8. The lowest BCUT2D eigenvalue weighted by atomic mass is 10.2. The fourth-order valence-electron chi connectivity index (χ4n) is 2.54. The Bertz CT molecular complexity index is 1320. The molecule has 11 heteroatoms. The Kier molecular flexibility index (Phi) is 4.73. The van der Waals surface area contributed by atoms with E-state index in [1.807, 2.05) is 0 Å². The zero-order valence-corrected chi connectivity index (χ0v) is 15.5. The molecule has 0 saturated carbocycles. The van der Waals surface area contributed by atoms with Crippen molar-refractivity contribution in [2.75, 3.05) is 0 Å². The van der Waals surface area contributed by atoms with E-state index < -0.39 is 22.8 Å². The Morgan fingerprint density at radius 1 is 1.18 bits per heavy atom. The molecule has 7 nitrogen and oxygen atoms in total. The fraction of sp³-hybridized carbons (Fsp3) is 0.0588. The number of thioether (sulfide) groups is 1. The molecule has 142 valence electrons. The summed E-state index contributed by atoms with van der Waals surface area (Å²) >= 11 is 7.18. The maximum Gasteiger partial charge on any atom is 0.285 e. The van der Waals surface area contributed by atoms with Crippen LogP contribution in [0, 0.1) is 11.6 Å². The Hall–Kier alpha value is -2.98. The zero-order valence-electron chi connectivity index (χ0n) is 13.9. The predicted molar refractivity (Wildman–Crippen MR) is 100 cm³/mol. The number of rotatable bonds is 4. The van der Waals surface area contributed by atoms with E-state index in [0.717, 1.165) is 27.0 Å². The third kappa shape index (κ3) is 3.32. The van der Waals surface area contributed by atoms with Crippen LogP contribution >= 0.6 is 23.4 Å². The smallest absolute Gasteiger partial charge is 0.285 e. The first-order valence-electron chi connectivity index (χ1n) is 7.86. The van der Waals surface area contributed by atoms with E-state index >= 15 is 0 Å². The number of hydrogen-bond acceptors (Lipinski definition) is 5. The SMILES string of the molecule is O=c1[nH]cc(-n2c(SCc3ccc(F)cc3Cl)nn3nccc3c2=O)cc1F. The van der Waals surface area contributed by atoms with Crippen LogP contribution in [0.2, 0.25) is 5.02 Å². The van der Waals surface area contributed by atoms with Crippen molar-refractivity contribution in [1.82, 2.24) is 24.4 Å². The van der Waals surface area contributed by atoms with Crippen molar-refractivity contribution in [1.29, 1.82) is 0 Å². The molecule has 0 aliphatic rings. The van der Waals surface area contributed by atoms with E-state index in [-0.39, 0.29) is 27.1 Å². The number of nitrogens with zero attached hydrogens (tertiary/aromatic N) is 4. The summed E-state index contributed by atoms with van der Waals surface area (Å²) in [7, 11) is 0. The van der Waals surface area contributed by atoms with Gasteiger partial charge in [-0.3, -0.25) is 14.2 Å². The van der Waals surface area contributed by atoms with Crippen molar-refractivity contribution < 1.29 is 8.78 Å². The molecule has 0 fully saturated rings. The largest absolute Gasteiger partial charge is 0.324 e. The van der Waals surface area contributed by atoms with Gasteiger partial charge in [-0.05, 0) is 23.8 Å². The fourth-order valence-corrected chi connectivity index (χ4v) is 3.84. The maximum atomic E-state index is 13.8. The molecule has 0 spiro atoms. The summed E-state index contributed by atoms with van der Waals surface area (Å²) < 4.78 is 29.3. The first-order valence-corrected chi connectivity index (χ1v) is 9.23. The number of fused-ring (bicyclic) bond motifs is 1. The number of benzene rings is 1. The van der Waals surface area contributed by atoms with Gasteiger partial charge in [0.2, 0.25) is 0 Å². The first-order chi connectivity index (χ1) is 13.4. The normalized spacial score (nSPS) is 11.2. The summed E-state index contributed by atoms with van der Waals surface area (Å²) in [6, 6.07) is 6.41. The number of halogens is 3. The summed E-state index contributed by atoms with van der Waals surface area (Å²) in [5.41, 5.74) is -0.488. The van der Waals surface area contributed by atoms with Gasteiger partial charge in [0.25, 0.3) is 11.1 Å². The van der Waals surface area contributed by atoms with Crippen LogP contribution in [0.15, 0.2) is 57.5 Å². The number of aromatic amines is 1. The lowest BCUT2D eigenvalue weighted by Gasteiger charge is -2.12. The van der Waals surface area contributed by atoms with Crippen molar-refractivity contribution in [3.8, 4) is 5.69 Å². The van der Waals surface area contributed by atoms with Crippen molar-refractivity contribution in [3.63, 3.8) is 0 Å². The molecule has 4 rings (SSSR count). The highest BCUT2D eigenvalue weighted by Gasteiger charge is 2.16. The molecule has 0 unspecified atom stereocenters. The van der Waals surface area contributed by atoms with Crippen LogP contribution < -0.4 is 11.1 Å². The summed E-state index contributed by atoms with van der Waals surface area (Å²) in [6.45, 7) is 0. The van der Waals surface area contributed by atoms with E-state index in [2.05, 4.69) is 15.2 Å². The standard InChI is InChI=1S/C17H10ClF2N5O2S/c18-12-5-10(19)2-1-9(12)8-28-17-23-25-14(3-4-22-25)16(27)24(17)11-6-13(20)15(26)21-7-11/h1-7H,8H2,(H,21,26). The van der Waals surface area contributed by atoms with Gasteiger partial charge in [0.1, 0.15) is 5.82 Å². The molecule has 3 heterocycles. The van der Waals surface area contributed by atoms with Gasteiger partial charge in [-0.1, -0.05) is 29.4 Å². The van der Waals surface area contributed by atoms with Gasteiger partial charge < -0.3 is 4.98 Å². The van der Waals surface area contributed by atoms with Crippen LogP contribution in [0.4, 0.5) is 8.78 Å². The van der Waals surface area contributed by atoms with Crippen LogP contribution in [-0.2, 0) is 5.75 Å². The van der Waals surface area contributed by atoms with E-state index in [1.165, 1.54) is 36.7 Å². The first kappa shape index (κ1) is 18.4. The molecule has 1 N–H and O–H groups in total. The van der Waals surface area contributed by atoms with Crippen LogP contribution in [0.3, 0.4) is 0 Å². The highest BCUT2D eigenvalue weighted by atomic mass is 35.5. The number of pyridine rings is 1. The molecule has 0 aliphatic heterocycles. The van der Waals surface area contributed by atoms with Crippen molar-refractivity contribution >= 4 is 28.9 Å². The molecular weight excluding hydrogens is 412 g/mol. The quantitative estimate of drug-likeness (QED) is 0.512. The van der Waals surface area contributed by atoms with Gasteiger partial charge in [-0.25, -0.2) is 8.78 Å². The number of H-pyrrole nitrogens is 1. The number of hydrogen-bond donors (Lipinski definition) is 1. The molecule has 0 bridgehead atoms. The van der Waals surface area contributed by atoms with Gasteiger partial charge in [0, 0.05) is 23.0 Å². The molecule has 3 aromatic heterocycles. The number of aromatic nitrogens is 5. The molecule has 0 saturated heterocycles. The minimum atomic E-state index is -1.03. The van der Waals surface area contributed by atoms with Crippen LogP contribution in [0.5, 0.6) is 0 Å². The molecule has 4 aromatic rings. The molecule has 0 atom stereocenters. The third-order valence-electron chi connectivity index (χ3n) is 3.89. The zero-order chi connectivity index (χ0) is 19.8. The van der Waals surface area contributed by atoms with E-state index in [1.54, 1.807) is 0 Å². The van der Waals surface area contributed by atoms with Crippen molar-refractivity contribution in [3.05, 3.63) is 85.7 Å². The lowest BCUT2D eigenvalue weighted by molar-refractivity contribution is 0.601. The Morgan fingerprint density at radius 2 is 2.00 bits per heavy atom. The lowest BCUT2D eigenvalue weighted by Crippen LogP contribution is -2.25. The minimum Gasteiger partial charge on any atom is -0.324 e. The second-order valence-electron chi connectivity index (χ2n) is 5.69. The highest BCUT2D eigenvalue weighted by Crippen LogP contribution is 2.27. The second kappa shape index (κ2) is 7.21. The minimum absolute atomic E-state index is 0.103. The molecule has 0 amide bonds. The third-order valence-corrected chi connectivity index (χ3v) is 5.22. The van der Waals surface area contributed by atoms with Gasteiger partial charge in [-0.15, -0.1) is 9.73 Å². The Labute approximate surface area is 164 Å². The average Bonchev–Trinajstić information content (AvgIpc) is 3.12. The average molecular weight is 422 g/mol. The van der Waals surface area contributed by atoms with Gasteiger partial charge in [-0.2, -0.15) is 5.10 Å². The molecule has 0 radical (unpaired) electrons. The summed E-state index contributed by atoms with van der Waals surface area (Å²) in [4.78, 5) is 26.4. The molecule has 28 heavy (non-hydrogen) atoms. The van der Waals surface area contributed by atoms with Crippen molar-refractivity contribution in [2.24, 2.45) is 0 Å². The summed E-state index contributed by atoms with van der Waals surface area (Å²) in [6.07, 6.45) is 2.63. The van der Waals surface area contributed by atoms with Gasteiger partial charge in [0.15, 0.2) is 16.5 Å². The van der Waals surface area contributed by atoms with Gasteiger partial charge in [0.05, 0.1) is 11.9 Å². The summed E-state index contributed by atoms with van der Waals surface area (Å²) in [5, 5.41) is 8.67. The molecule has 1 aromatic carbocycles. The molecule has 0 aliphatic carbocycles. The van der Waals surface area contributed by atoms with Crippen LogP contribution in [-0.4, -0.2) is 24.4 Å². The Morgan fingerprint density at radius 3 is 2.75 bits per heavy atom. The topological polar surface area (TPSA) is 85.1 Å². The summed E-state index contributed by atoms with van der Waals surface area (Å²) in [5.74, 6) is -1.23. The highest BCUT2D eigenvalue weighted by molar-refractivity contribution is 7.98. The van der Waals surface area contributed by atoms with E-state index in [9.17, 15) is 18.4 Å². The molecular formula is C17H10ClF2N5O2S. The van der Waals surface area contributed by atoms with E-state index in [4.69, 9.17) is 11.6 Å². The van der Waals surface area contributed by atoms with E-state index in [0.29, 0.717) is 5.56 Å². The predicted octanol–water partition coefficient (Wildman–Crippen LogP) is 2.79.